The second-order valence-corrected chi connectivity index (χ2v) is 4.24. The van der Waals surface area contributed by atoms with E-state index in [1.54, 1.807) is 0 Å². The molecular weight excluding hydrogens is 247 g/mol. The molecular formula is C6H15O9P. The molecule has 10 heteroatoms. The molecule has 0 radical (unpaired) electrons. The Balaban J connectivity index is 4.31. The van der Waals surface area contributed by atoms with Crippen molar-refractivity contribution in [2.24, 2.45) is 0 Å². The molecule has 0 spiro atoms. The van der Waals surface area contributed by atoms with Crippen LogP contribution in [-0.2, 0) is 9.09 Å². The lowest BCUT2D eigenvalue weighted by atomic mass is 10.1. The summed E-state index contributed by atoms with van der Waals surface area (Å²) in [4.78, 5) is 16.6. The molecule has 0 aliphatic heterocycles. The first kappa shape index (κ1) is 15.9. The summed E-state index contributed by atoms with van der Waals surface area (Å²) in [5.41, 5.74) is 0. The van der Waals surface area contributed by atoms with E-state index in [2.05, 4.69) is 4.52 Å². The van der Waals surface area contributed by atoms with Crippen LogP contribution in [0, 0.1) is 0 Å². The molecule has 0 saturated heterocycles. The smallest absolute Gasteiger partial charge is 0.396 e. The van der Waals surface area contributed by atoms with Crippen LogP contribution in [0.4, 0.5) is 0 Å². The van der Waals surface area contributed by atoms with E-state index in [9.17, 15) is 9.67 Å². The first-order valence-corrected chi connectivity index (χ1v) is 5.79. The fourth-order valence-electron chi connectivity index (χ4n) is 0.902. The van der Waals surface area contributed by atoms with Crippen LogP contribution in [0.1, 0.15) is 6.42 Å². The number of rotatable bonds is 7. The molecule has 0 aromatic rings. The fraction of sp³-hybridized carbons (Fsp3) is 1.00. The van der Waals surface area contributed by atoms with E-state index in [0.717, 1.165) is 0 Å². The van der Waals surface area contributed by atoms with Crippen molar-refractivity contribution >= 4 is 7.82 Å². The highest BCUT2D eigenvalue weighted by Crippen LogP contribution is 2.37. The second-order valence-electron chi connectivity index (χ2n) is 3.05. The SMILES string of the molecule is O=P(O)(O)OC(O)[C@@H](O)[C@@H](O)[C@@H](O)CCO. The van der Waals surface area contributed by atoms with Gasteiger partial charge in [-0.2, -0.15) is 0 Å². The minimum Gasteiger partial charge on any atom is -0.396 e. The number of hydrogen-bond acceptors (Lipinski definition) is 7. The van der Waals surface area contributed by atoms with Gasteiger partial charge in [0.05, 0.1) is 6.10 Å². The van der Waals surface area contributed by atoms with Gasteiger partial charge in [0, 0.05) is 6.61 Å². The second kappa shape index (κ2) is 6.60. The number of aliphatic hydroxyl groups is 5. The topological polar surface area (TPSA) is 168 Å². The Morgan fingerprint density at radius 1 is 1.06 bits per heavy atom. The van der Waals surface area contributed by atoms with Gasteiger partial charge in [0.2, 0.25) is 0 Å². The Hall–Kier alpha value is -0.0900. The Morgan fingerprint density at radius 2 is 1.56 bits per heavy atom. The summed E-state index contributed by atoms with van der Waals surface area (Å²) in [5.74, 6) is 0. The minimum atomic E-state index is -5.01. The fourth-order valence-corrected chi connectivity index (χ4v) is 1.31. The van der Waals surface area contributed by atoms with Crippen LogP contribution < -0.4 is 0 Å². The molecule has 0 amide bonds. The molecule has 4 atom stereocenters. The van der Waals surface area contributed by atoms with Crippen molar-refractivity contribution in [2.75, 3.05) is 6.61 Å². The highest BCUT2D eigenvalue weighted by atomic mass is 31.2. The Labute approximate surface area is 90.8 Å². The summed E-state index contributed by atoms with van der Waals surface area (Å²) in [6.45, 7) is -0.472. The van der Waals surface area contributed by atoms with Crippen LogP contribution in [0.15, 0.2) is 0 Å². The summed E-state index contributed by atoms with van der Waals surface area (Å²) in [5, 5.41) is 44.8. The average Bonchev–Trinajstić information content (AvgIpc) is 2.13. The van der Waals surface area contributed by atoms with Gasteiger partial charge >= 0.3 is 7.82 Å². The van der Waals surface area contributed by atoms with E-state index < -0.39 is 39.0 Å². The molecule has 0 bridgehead atoms. The zero-order valence-electron chi connectivity index (χ0n) is 8.12. The molecule has 0 aromatic heterocycles. The monoisotopic (exact) mass is 262 g/mol. The van der Waals surface area contributed by atoms with Crippen LogP contribution >= 0.6 is 7.82 Å². The molecule has 0 aliphatic carbocycles. The van der Waals surface area contributed by atoms with Gasteiger partial charge in [-0.3, -0.25) is 4.52 Å². The first-order valence-electron chi connectivity index (χ1n) is 4.26. The highest BCUT2D eigenvalue weighted by molar-refractivity contribution is 7.46. The lowest BCUT2D eigenvalue weighted by molar-refractivity contribution is -0.172. The minimum absolute atomic E-state index is 0.277. The van der Waals surface area contributed by atoms with Gasteiger partial charge in [-0.1, -0.05) is 0 Å². The number of phosphoric acid groups is 1. The van der Waals surface area contributed by atoms with Crippen molar-refractivity contribution in [3.05, 3.63) is 0 Å². The number of phosphoric ester groups is 1. The summed E-state index contributed by atoms with van der Waals surface area (Å²) in [7, 11) is -5.01. The summed E-state index contributed by atoms with van der Waals surface area (Å²) in [6.07, 6.45) is -8.22. The van der Waals surface area contributed by atoms with Crippen LogP contribution in [-0.4, -0.2) is 66.5 Å². The third-order valence-electron chi connectivity index (χ3n) is 1.71. The van der Waals surface area contributed by atoms with E-state index in [-0.39, 0.29) is 6.42 Å². The average molecular weight is 262 g/mol. The summed E-state index contributed by atoms with van der Waals surface area (Å²) >= 11 is 0. The van der Waals surface area contributed by atoms with Gasteiger partial charge < -0.3 is 35.3 Å². The van der Waals surface area contributed by atoms with Crippen molar-refractivity contribution in [3.8, 4) is 0 Å². The van der Waals surface area contributed by atoms with Gasteiger partial charge in [-0.15, -0.1) is 0 Å². The molecule has 0 aromatic carbocycles. The van der Waals surface area contributed by atoms with Crippen molar-refractivity contribution in [3.63, 3.8) is 0 Å². The maximum absolute atomic E-state index is 10.3. The molecule has 0 saturated carbocycles. The van der Waals surface area contributed by atoms with Crippen LogP contribution in [0.2, 0.25) is 0 Å². The molecule has 7 N–H and O–H groups in total. The largest absolute Gasteiger partial charge is 0.472 e. The number of aliphatic hydroxyl groups excluding tert-OH is 5. The zero-order chi connectivity index (χ0) is 12.9. The van der Waals surface area contributed by atoms with Crippen LogP contribution in [0.25, 0.3) is 0 Å². The van der Waals surface area contributed by atoms with E-state index in [4.69, 9.17) is 30.2 Å². The van der Waals surface area contributed by atoms with E-state index >= 15 is 0 Å². The van der Waals surface area contributed by atoms with Crippen LogP contribution in [0.3, 0.4) is 0 Å². The molecule has 0 heterocycles. The van der Waals surface area contributed by atoms with Crippen molar-refractivity contribution < 1.29 is 44.4 Å². The Morgan fingerprint density at radius 3 is 1.94 bits per heavy atom. The maximum atomic E-state index is 10.3. The molecule has 16 heavy (non-hydrogen) atoms. The van der Waals surface area contributed by atoms with Crippen molar-refractivity contribution in [2.45, 2.75) is 31.0 Å². The van der Waals surface area contributed by atoms with Gasteiger partial charge in [0.1, 0.15) is 12.2 Å². The molecule has 0 aliphatic rings. The Kier molecular flexibility index (Phi) is 6.56. The Bertz CT molecular complexity index is 240. The number of hydrogen-bond donors (Lipinski definition) is 7. The van der Waals surface area contributed by atoms with Gasteiger partial charge in [0.25, 0.3) is 0 Å². The normalized spacial score (nSPS) is 20.2. The molecule has 0 fully saturated rings. The quantitative estimate of drug-likeness (QED) is 0.185. The maximum Gasteiger partial charge on any atom is 0.472 e. The van der Waals surface area contributed by atoms with Gasteiger partial charge in [-0.05, 0) is 6.42 Å². The van der Waals surface area contributed by atoms with Gasteiger partial charge in [-0.25, -0.2) is 4.57 Å². The highest BCUT2D eigenvalue weighted by Gasteiger charge is 2.34. The lowest BCUT2D eigenvalue weighted by Crippen LogP contribution is -2.45. The molecule has 1 unspecified atom stereocenters. The predicted molar refractivity (Wildman–Crippen MR) is 48.9 cm³/mol. The van der Waals surface area contributed by atoms with E-state index in [1.807, 2.05) is 0 Å². The standard InChI is InChI=1S/C6H15O9P/c7-2-1-3(8)4(9)5(10)6(11)15-16(12,13)14/h3-11H,1-2H2,(H2,12,13,14)/t3-,4-,5-,6?/m0/s1. The van der Waals surface area contributed by atoms with Crippen LogP contribution in [0.5, 0.6) is 0 Å². The lowest BCUT2D eigenvalue weighted by Gasteiger charge is -2.25. The van der Waals surface area contributed by atoms with Crippen molar-refractivity contribution in [1.82, 2.24) is 0 Å². The molecule has 0 rings (SSSR count). The summed E-state index contributed by atoms with van der Waals surface area (Å²) < 4.78 is 14.0. The molecule has 9 nitrogen and oxygen atoms in total. The van der Waals surface area contributed by atoms with Crippen molar-refractivity contribution in [1.29, 1.82) is 0 Å². The predicted octanol–water partition coefficient (Wildman–Crippen LogP) is -3.12. The summed E-state index contributed by atoms with van der Waals surface area (Å²) in [6, 6.07) is 0. The molecule has 98 valence electrons. The third kappa shape index (κ3) is 5.85. The zero-order valence-corrected chi connectivity index (χ0v) is 9.01. The first-order chi connectivity index (χ1) is 7.19. The van der Waals surface area contributed by atoms with E-state index in [0.29, 0.717) is 0 Å². The van der Waals surface area contributed by atoms with E-state index in [1.165, 1.54) is 0 Å². The van der Waals surface area contributed by atoms with Gasteiger partial charge in [0.15, 0.2) is 6.29 Å². The third-order valence-corrected chi connectivity index (χ3v) is 2.20.